The summed E-state index contributed by atoms with van der Waals surface area (Å²) in [6.07, 6.45) is 3.43. The van der Waals surface area contributed by atoms with Crippen LogP contribution in [0.25, 0.3) is 0 Å². The number of hydrogen-bond acceptors (Lipinski definition) is 3. The van der Waals surface area contributed by atoms with Crippen LogP contribution in [0.5, 0.6) is 0 Å². The Labute approximate surface area is 82.6 Å². The monoisotopic (exact) mass is 197 g/mol. The van der Waals surface area contributed by atoms with Crippen molar-refractivity contribution in [2.45, 2.75) is 31.3 Å². The lowest BCUT2D eigenvalue weighted by Gasteiger charge is -2.15. The average Bonchev–Trinajstić information content (AvgIpc) is 2.80. The van der Waals surface area contributed by atoms with E-state index in [0.29, 0.717) is 12.1 Å². The second kappa shape index (κ2) is 4.22. The maximum atomic E-state index is 8.93. The average molecular weight is 197 g/mol. The zero-order valence-electron chi connectivity index (χ0n) is 7.57. The Morgan fingerprint density at radius 3 is 3.00 bits per heavy atom. The van der Waals surface area contributed by atoms with E-state index in [2.05, 4.69) is 22.8 Å². The van der Waals surface area contributed by atoms with E-state index in [9.17, 15) is 0 Å². The summed E-state index contributed by atoms with van der Waals surface area (Å²) in [5.41, 5.74) is 0. The van der Waals surface area contributed by atoms with Crippen molar-refractivity contribution in [1.82, 2.24) is 5.32 Å². The van der Waals surface area contributed by atoms with Gasteiger partial charge in [-0.3, -0.25) is 0 Å². The van der Waals surface area contributed by atoms with Crippen LogP contribution >= 0.6 is 11.3 Å². The van der Waals surface area contributed by atoms with Gasteiger partial charge in [-0.15, -0.1) is 11.3 Å². The highest BCUT2D eigenvalue weighted by molar-refractivity contribution is 7.10. The minimum Gasteiger partial charge on any atom is -0.396 e. The molecule has 1 aliphatic carbocycles. The molecule has 2 nitrogen and oxygen atoms in total. The molecule has 0 aliphatic heterocycles. The maximum absolute atomic E-state index is 8.93. The highest BCUT2D eigenvalue weighted by Gasteiger charge is 2.25. The van der Waals surface area contributed by atoms with Gasteiger partial charge in [-0.2, -0.15) is 0 Å². The smallest absolute Gasteiger partial charge is 0.0449 e. The normalized spacial score (nSPS) is 18.8. The number of aliphatic hydroxyl groups is 1. The molecule has 1 aromatic rings. The molecule has 1 fully saturated rings. The molecule has 1 atom stereocenters. The fraction of sp³-hybridized carbons (Fsp3) is 0.600. The van der Waals surface area contributed by atoms with Gasteiger partial charge in [-0.25, -0.2) is 0 Å². The number of rotatable bonds is 5. The quantitative estimate of drug-likeness (QED) is 0.756. The van der Waals surface area contributed by atoms with Gasteiger partial charge in [0.1, 0.15) is 0 Å². The van der Waals surface area contributed by atoms with Crippen molar-refractivity contribution in [3.8, 4) is 0 Å². The van der Waals surface area contributed by atoms with Crippen molar-refractivity contribution in [2.75, 3.05) is 6.61 Å². The number of aliphatic hydroxyl groups excluding tert-OH is 1. The molecule has 0 bridgehead atoms. The molecule has 1 aromatic heterocycles. The molecule has 0 aromatic carbocycles. The fourth-order valence-electron chi connectivity index (χ4n) is 1.46. The molecular formula is C10H15NOS. The second-order valence-corrected chi connectivity index (χ2v) is 4.50. The Balaban J connectivity index is 1.95. The van der Waals surface area contributed by atoms with E-state index in [1.807, 2.05) is 0 Å². The molecule has 0 saturated heterocycles. The van der Waals surface area contributed by atoms with Gasteiger partial charge in [0.05, 0.1) is 0 Å². The molecule has 2 N–H and O–H groups in total. The zero-order chi connectivity index (χ0) is 9.10. The lowest BCUT2D eigenvalue weighted by atomic mass is 10.2. The number of thiophene rings is 1. The van der Waals surface area contributed by atoms with Crippen molar-refractivity contribution in [3.63, 3.8) is 0 Å². The molecule has 1 saturated carbocycles. The van der Waals surface area contributed by atoms with E-state index in [0.717, 1.165) is 6.42 Å². The van der Waals surface area contributed by atoms with E-state index < -0.39 is 0 Å². The Bertz CT molecular complexity index is 243. The van der Waals surface area contributed by atoms with Gasteiger partial charge < -0.3 is 10.4 Å². The molecule has 2 rings (SSSR count). The van der Waals surface area contributed by atoms with Gasteiger partial charge in [0, 0.05) is 23.6 Å². The van der Waals surface area contributed by atoms with Crippen LogP contribution in [-0.4, -0.2) is 17.8 Å². The summed E-state index contributed by atoms with van der Waals surface area (Å²) in [7, 11) is 0. The number of nitrogens with one attached hydrogen (secondary N) is 1. The molecule has 0 radical (unpaired) electrons. The van der Waals surface area contributed by atoms with E-state index in [1.165, 1.54) is 17.7 Å². The molecule has 0 amide bonds. The van der Waals surface area contributed by atoms with E-state index >= 15 is 0 Å². The van der Waals surface area contributed by atoms with E-state index in [-0.39, 0.29) is 6.61 Å². The lowest BCUT2D eigenvalue weighted by Crippen LogP contribution is -2.23. The Morgan fingerprint density at radius 2 is 2.46 bits per heavy atom. The molecule has 72 valence electrons. The number of hydrogen-bond donors (Lipinski definition) is 2. The maximum Gasteiger partial charge on any atom is 0.0449 e. The van der Waals surface area contributed by atoms with Gasteiger partial charge in [0.2, 0.25) is 0 Å². The van der Waals surface area contributed by atoms with Crippen molar-refractivity contribution in [2.24, 2.45) is 0 Å². The van der Waals surface area contributed by atoms with Gasteiger partial charge >= 0.3 is 0 Å². The summed E-state index contributed by atoms with van der Waals surface area (Å²) < 4.78 is 0. The van der Waals surface area contributed by atoms with Gasteiger partial charge in [-0.05, 0) is 30.7 Å². The Hall–Kier alpha value is -0.380. The van der Waals surface area contributed by atoms with Gasteiger partial charge in [0.25, 0.3) is 0 Å². The van der Waals surface area contributed by atoms with E-state index in [1.54, 1.807) is 11.3 Å². The molecule has 0 unspecified atom stereocenters. The summed E-state index contributed by atoms with van der Waals surface area (Å²) in [6, 6.07) is 5.29. The highest BCUT2D eigenvalue weighted by atomic mass is 32.1. The minimum absolute atomic E-state index is 0.266. The third-order valence-corrected chi connectivity index (χ3v) is 3.30. The Kier molecular flexibility index (Phi) is 2.98. The molecular weight excluding hydrogens is 182 g/mol. The third-order valence-electron chi connectivity index (χ3n) is 2.32. The minimum atomic E-state index is 0.266. The third kappa shape index (κ3) is 2.53. The van der Waals surface area contributed by atoms with Crippen LogP contribution in [0, 0.1) is 0 Å². The predicted molar refractivity (Wildman–Crippen MR) is 54.9 cm³/mol. The van der Waals surface area contributed by atoms with Crippen LogP contribution in [0.3, 0.4) is 0 Å². The summed E-state index contributed by atoms with van der Waals surface area (Å²) in [5, 5.41) is 14.6. The van der Waals surface area contributed by atoms with E-state index in [4.69, 9.17) is 5.11 Å². The van der Waals surface area contributed by atoms with Crippen molar-refractivity contribution < 1.29 is 5.11 Å². The SMILES string of the molecule is OCC[C@@H](NC1CC1)c1cccs1. The van der Waals surface area contributed by atoms with Gasteiger partial charge in [-0.1, -0.05) is 6.07 Å². The Morgan fingerprint density at radius 1 is 1.62 bits per heavy atom. The highest BCUT2D eigenvalue weighted by Crippen LogP contribution is 2.28. The first-order valence-corrected chi connectivity index (χ1v) is 5.68. The molecule has 1 aliphatic rings. The predicted octanol–water partition coefficient (Wildman–Crippen LogP) is 1.92. The fourth-order valence-corrected chi connectivity index (χ4v) is 2.28. The first-order chi connectivity index (χ1) is 6.40. The largest absolute Gasteiger partial charge is 0.396 e. The molecule has 1 heterocycles. The van der Waals surface area contributed by atoms with Crippen LogP contribution in [0.1, 0.15) is 30.2 Å². The van der Waals surface area contributed by atoms with Gasteiger partial charge in [0.15, 0.2) is 0 Å². The second-order valence-electron chi connectivity index (χ2n) is 3.52. The van der Waals surface area contributed by atoms with Crippen molar-refractivity contribution in [3.05, 3.63) is 22.4 Å². The molecule has 3 heteroatoms. The standard InChI is InChI=1S/C10H15NOS/c12-6-5-9(11-8-3-4-8)10-2-1-7-13-10/h1-2,7-9,11-12H,3-6H2/t9-/m1/s1. The van der Waals surface area contributed by atoms with Crippen LogP contribution in [0.15, 0.2) is 17.5 Å². The molecule has 0 spiro atoms. The summed E-state index contributed by atoms with van der Waals surface area (Å²) in [4.78, 5) is 1.35. The van der Waals surface area contributed by atoms with Crippen LogP contribution in [-0.2, 0) is 0 Å². The summed E-state index contributed by atoms with van der Waals surface area (Å²) in [5.74, 6) is 0. The molecule has 13 heavy (non-hydrogen) atoms. The topological polar surface area (TPSA) is 32.3 Å². The van der Waals surface area contributed by atoms with Crippen LogP contribution in [0.4, 0.5) is 0 Å². The zero-order valence-corrected chi connectivity index (χ0v) is 8.39. The van der Waals surface area contributed by atoms with Crippen molar-refractivity contribution in [1.29, 1.82) is 0 Å². The first kappa shape index (κ1) is 9.19. The van der Waals surface area contributed by atoms with Crippen LogP contribution < -0.4 is 5.32 Å². The van der Waals surface area contributed by atoms with Crippen LogP contribution in [0.2, 0.25) is 0 Å². The lowest BCUT2D eigenvalue weighted by molar-refractivity contribution is 0.266. The summed E-state index contributed by atoms with van der Waals surface area (Å²) >= 11 is 1.77. The first-order valence-electron chi connectivity index (χ1n) is 4.80. The summed E-state index contributed by atoms with van der Waals surface area (Å²) in [6.45, 7) is 0.266. The van der Waals surface area contributed by atoms with Crippen molar-refractivity contribution >= 4 is 11.3 Å².